The lowest BCUT2D eigenvalue weighted by molar-refractivity contribution is -0.385. The van der Waals surface area contributed by atoms with E-state index in [9.17, 15) is 22.9 Å². The molecule has 7 nitrogen and oxygen atoms in total. The van der Waals surface area contributed by atoms with Crippen molar-refractivity contribution in [3.63, 3.8) is 0 Å². The van der Waals surface area contributed by atoms with E-state index in [0.717, 1.165) is 6.07 Å². The highest BCUT2D eigenvalue weighted by Crippen LogP contribution is 2.33. The van der Waals surface area contributed by atoms with Crippen LogP contribution in [0.5, 0.6) is 0 Å². The molecule has 110 valence electrons. The summed E-state index contributed by atoms with van der Waals surface area (Å²) in [6.07, 6.45) is 1.38. The lowest BCUT2D eigenvalue weighted by Crippen LogP contribution is -2.34. The van der Waals surface area contributed by atoms with E-state index in [-0.39, 0.29) is 6.04 Å². The molecule has 2 rings (SSSR count). The molecule has 1 aromatic rings. The molecular formula is C11H14FN3O4S. The molecule has 0 aromatic heterocycles. The van der Waals surface area contributed by atoms with E-state index in [2.05, 4.69) is 0 Å². The Morgan fingerprint density at radius 3 is 2.60 bits per heavy atom. The zero-order valence-corrected chi connectivity index (χ0v) is 11.6. The predicted molar refractivity (Wildman–Crippen MR) is 70.1 cm³/mol. The highest BCUT2D eigenvalue weighted by Gasteiger charge is 2.36. The summed E-state index contributed by atoms with van der Waals surface area (Å²) in [4.78, 5) is 9.09. The molecule has 1 heterocycles. The zero-order chi connectivity index (χ0) is 15.1. The fraction of sp³-hybridized carbons (Fsp3) is 0.455. The van der Waals surface area contributed by atoms with Gasteiger partial charge in [0.1, 0.15) is 4.90 Å². The van der Waals surface area contributed by atoms with Gasteiger partial charge in [-0.25, -0.2) is 12.8 Å². The van der Waals surface area contributed by atoms with Gasteiger partial charge in [0, 0.05) is 18.7 Å². The van der Waals surface area contributed by atoms with Gasteiger partial charge < -0.3 is 5.73 Å². The van der Waals surface area contributed by atoms with Crippen molar-refractivity contribution in [1.82, 2.24) is 4.31 Å². The van der Waals surface area contributed by atoms with Crippen molar-refractivity contribution in [3.8, 4) is 0 Å². The van der Waals surface area contributed by atoms with Crippen LogP contribution in [0.15, 0.2) is 17.0 Å². The summed E-state index contributed by atoms with van der Waals surface area (Å²) >= 11 is 0. The van der Waals surface area contributed by atoms with Crippen molar-refractivity contribution < 1.29 is 17.7 Å². The number of anilines is 1. The van der Waals surface area contributed by atoms with Gasteiger partial charge in [-0.3, -0.25) is 10.1 Å². The van der Waals surface area contributed by atoms with Crippen LogP contribution in [0, 0.1) is 15.9 Å². The minimum Gasteiger partial charge on any atom is -0.397 e. The van der Waals surface area contributed by atoms with Crippen molar-refractivity contribution in [2.24, 2.45) is 0 Å². The average Bonchev–Trinajstić information content (AvgIpc) is 2.74. The van der Waals surface area contributed by atoms with Gasteiger partial charge in [-0.15, -0.1) is 0 Å². The van der Waals surface area contributed by atoms with Crippen LogP contribution in [-0.2, 0) is 10.0 Å². The summed E-state index contributed by atoms with van der Waals surface area (Å²) in [6, 6.07) is 1.19. The molecule has 9 heteroatoms. The fourth-order valence-electron chi connectivity index (χ4n) is 2.36. The summed E-state index contributed by atoms with van der Waals surface area (Å²) < 4.78 is 39.9. The van der Waals surface area contributed by atoms with Crippen LogP contribution < -0.4 is 5.73 Å². The summed E-state index contributed by atoms with van der Waals surface area (Å²) in [5.74, 6) is -1.20. The number of rotatable bonds is 3. The molecule has 1 fully saturated rings. The smallest absolute Gasteiger partial charge is 0.274 e. The van der Waals surface area contributed by atoms with Gasteiger partial charge in [0.05, 0.1) is 16.7 Å². The van der Waals surface area contributed by atoms with Crippen LogP contribution in [0.3, 0.4) is 0 Å². The number of sulfonamides is 1. The first-order chi connectivity index (χ1) is 9.25. The number of nitrogens with two attached hydrogens (primary N) is 1. The second-order valence-electron chi connectivity index (χ2n) is 4.71. The van der Waals surface area contributed by atoms with Crippen LogP contribution in [0.1, 0.15) is 19.8 Å². The Balaban J connectivity index is 2.55. The molecule has 0 radical (unpaired) electrons. The summed E-state index contributed by atoms with van der Waals surface area (Å²) in [7, 11) is -4.08. The van der Waals surface area contributed by atoms with E-state index in [4.69, 9.17) is 5.73 Å². The number of nitrogen functional groups attached to an aromatic ring is 1. The Hall–Kier alpha value is -1.74. The van der Waals surface area contributed by atoms with Crippen LogP contribution in [0.2, 0.25) is 0 Å². The van der Waals surface area contributed by atoms with Gasteiger partial charge in [-0.1, -0.05) is 0 Å². The molecule has 1 unspecified atom stereocenters. The summed E-state index contributed by atoms with van der Waals surface area (Å²) in [5.41, 5.74) is 4.49. The van der Waals surface area contributed by atoms with Crippen molar-refractivity contribution in [3.05, 3.63) is 28.1 Å². The van der Waals surface area contributed by atoms with Gasteiger partial charge in [-0.05, 0) is 19.8 Å². The van der Waals surface area contributed by atoms with E-state index >= 15 is 0 Å². The van der Waals surface area contributed by atoms with E-state index in [0.29, 0.717) is 25.5 Å². The Labute approximate surface area is 115 Å². The molecule has 2 N–H and O–H groups in total. The van der Waals surface area contributed by atoms with Crippen LogP contribution in [-0.4, -0.2) is 30.2 Å². The topological polar surface area (TPSA) is 107 Å². The minimum atomic E-state index is -4.08. The lowest BCUT2D eigenvalue weighted by Gasteiger charge is -2.21. The largest absolute Gasteiger partial charge is 0.397 e. The Morgan fingerprint density at radius 1 is 1.50 bits per heavy atom. The van der Waals surface area contributed by atoms with Gasteiger partial charge in [0.25, 0.3) is 5.69 Å². The first-order valence-corrected chi connectivity index (χ1v) is 7.44. The number of non-ortho nitro benzene ring substituents is 1. The quantitative estimate of drug-likeness (QED) is 0.517. The molecule has 0 aliphatic carbocycles. The van der Waals surface area contributed by atoms with E-state index < -0.39 is 37.0 Å². The van der Waals surface area contributed by atoms with Crippen LogP contribution in [0.25, 0.3) is 0 Å². The number of nitro benzene ring substituents is 1. The maximum absolute atomic E-state index is 14.0. The second-order valence-corrected chi connectivity index (χ2v) is 6.54. The van der Waals surface area contributed by atoms with Gasteiger partial charge >= 0.3 is 0 Å². The normalized spacial score (nSPS) is 20.2. The molecule has 0 saturated carbocycles. The minimum absolute atomic E-state index is 0.242. The number of nitro groups is 1. The Kier molecular flexibility index (Phi) is 3.65. The number of nitrogens with zero attached hydrogens (tertiary/aromatic N) is 2. The monoisotopic (exact) mass is 303 g/mol. The zero-order valence-electron chi connectivity index (χ0n) is 10.7. The SMILES string of the molecule is CC1CCCN1S(=O)(=O)c1c(N)cc([N+](=O)[O-])cc1F. The molecule has 20 heavy (non-hydrogen) atoms. The van der Waals surface area contributed by atoms with Crippen LogP contribution in [0.4, 0.5) is 15.8 Å². The Bertz CT molecular complexity index is 639. The molecule has 1 aromatic carbocycles. The second kappa shape index (κ2) is 4.98. The number of benzene rings is 1. The number of hydrogen-bond acceptors (Lipinski definition) is 5. The third kappa shape index (κ3) is 2.34. The maximum Gasteiger partial charge on any atom is 0.274 e. The van der Waals surface area contributed by atoms with Gasteiger partial charge in [-0.2, -0.15) is 4.31 Å². The number of halogens is 1. The summed E-state index contributed by atoms with van der Waals surface area (Å²) in [6.45, 7) is 2.02. The van der Waals surface area contributed by atoms with Crippen molar-refractivity contribution in [2.45, 2.75) is 30.7 Å². The third-order valence-electron chi connectivity index (χ3n) is 3.33. The van der Waals surface area contributed by atoms with E-state index in [1.165, 1.54) is 4.31 Å². The maximum atomic E-state index is 14.0. The van der Waals surface area contributed by atoms with E-state index in [1.807, 2.05) is 0 Å². The average molecular weight is 303 g/mol. The van der Waals surface area contributed by atoms with Gasteiger partial charge in [0.2, 0.25) is 10.0 Å². The standard InChI is InChI=1S/C11H14FN3O4S/c1-7-3-2-4-14(7)20(18,19)11-9(12)5-8(15(16)17)6-10(11)13/h5-7H,2-4,13H2,1H3. The molecule has 1 saturated heterocycles. The molecule has 1 aliphatic rings. The van der Waals surface area contributed by atoms with Crippen molar-refractivity contribution in [1.29, 1.82) is 0 Å². The highest BCUT2D eigenvalue weighted by atomic mass is 32.2. The predicted octanol–water partition coefficient (Wildman–Crippen LogP) is 1.49. The molecule has 0 spiro atoms. The highest BCUT2D eigenvalue weighted by molar-refractivity contribution is 7.89. The van der Waals surface area contributed by atoms with Crippen molar-refractivity contribution >= 4 is 21.4 Å². The van der Waals surface area contributed by atoms with Crippen LogP contribution >= 0.6 is 0 Å². The van der Waals surface area contributed by atoms with Crippen molar-refractivity contribution in [2.75, 3.05) is 12.3 Å². The fourth-order valence-corrected chi connectivity index (χ4v) is 4.20. The molecule has 1 atom stereocenters. The van der Waals surface area contributed by atoms with Gasteiger partial charge in [0.15, 0.2) is 5.82 Å². The molecule has 0 bridgehead atoms. The lowest BCUT2D eigenvalue weighted by atomic mass is 10.3. The number of hydrogen-bond donors (Lipinski definition) is 1. The molecule has 0 amide bonds. The molecular weight excluding hydrogens is 289 g/mol. The molecule has 1 aliphatic heterocycles. The van der Waals surface area contributed by atoms with E-state index in [1.54, 1.807) is 6.92 Å². The summed E-state index contributed by atoms with van der Waals surface area (Å²) in [5, 5.41) is 10.6. The Morgan fingerprint density at radius 2 is 2.15 bits per heavy atom. The third-order valence-corrected chi connectivity index (χ3v) is 5.43. The first-order valence-electron chi connectivity index (χ1n) is 6.00. The first kappa shape index (κ1) is 14.7.